The van der Waals surface area contributed by atoms with E-state index in [-0.39, 0.29) is 5.75 Å². The molecule has 22 heavy (non-hydrogen) atoms. The van der Waals surface area contributed by atoms with Gasteiger partial charge in [-0.1, -0.05) is 23.7 Å². The van der Waals surface area contributed by atoms with Gasteiger partial charge in [0.2, 0.25) is 0 Å². The minimum atomic E-state index is 0.145. The van der Waals surface area contributed by atoms with Gasteiger partial charge in [0.1, 0.15) is 5.75 Å². The van der Waals surface area contributed by atoms with Crippen LogP contribution in [0.15, 0.2) is 45.9 Å². The standard InChI is InChI=1S/C17H16BrClN2O/c18-14-10-13(19)9-12(17(14)22)11-20-15-5-1-2-6-16(15)21-7-3-4-8-21/h1-2,5-6,9-11,22H,3-4,7-8H2. The first-order valence-corrected chi connectivity index (χ1v) is 8.38. The Hall–Kier alpha value is -1.52. The number of benzene rings is 2. The summed E-state index contributed by atoms with van der Waals surface area (Å²) in [5.41, 5.74) is 2.63. The molecule has 1 aliphatic heterocycles. The lowest BCUT2D eigenvalue weighted by Gasteiger charge is -2.19. The third-order valence-corrected chi connectivity index (χ3v) is 4.55. The lowest BCUT2D eigenvalue weighted by Crippen LogP contribution is -2.17. The molecule has 1 saturated heterocycles. The molecular weight excluding hydrogens is 364 g/mol. The fourth-order valence-electron chi connectivity index (χ4n) is 2.62. The van der Waals surface area contributed by atoms with Gasteiger partial charge in [-0.05, 0) is 53.0 Å². The Morgan fingerprint density at radius 3 is 2.68 bits per heavy atom. The van der Waals surface area contributed by atoms with Crippen molar-refractivity contribution in [3.63, 3.8) is 0 Å². The summed E-state index contributed by atoms with van der Waals surface area (Å²) in [5, 5.41) is 10.6. The van der Waals surface area contributed by atoms with Crippen LogP contribution in [-0.2, 0) is 0 Å². The molecule has 5 heteroatoms. The number of hydrogen-bond acceptors (Lipinski definition) is 3. The maximum absolute atomic E-state index is 10.1. The van der Waals surface area contributed by atoms with Gasteiger partial charge in [-0.3, -0.25) is 4.99 Å². The Labute approximate surface area is 143 Å². The van der Waals surface area contributed by atoms with E-state index in [4.69, 9.17) is 11.6 Å². The van der Waals surface area contributed by atoms with Gasteiger partial charge in [0.25, 0.3) is 0 Å². The van der Waals surface area contributed by atoms with Gasteiger partial charge in [-0.2, -0.15) is 0 Å². The van der Waals surface area contributed by atoms with Crippen molar-refractivity contribution < 1.29 is 5.11 Å². The summed E-state index contributed by atoms with van der Waals surface area (Å²) >= 11 is 9.31. The Bertz CT molecular complexity index is 712. The van der Waals surface area contributed by atoms with Crippen LogP contribution in [0.5, 0.6) is 5.75 Å². The van der Waals surface area contributed by atoms with Gasteiger partial charge >= 0.3 is 0 Å². The highest BCUT2D eigenvalue weighted by atomic mass is 79.9. The topological polar surface area (TPSA) is 35.8 Å². The second kappa shape index (κ2) is 6.71. The molecule has 0 aliphatic carbocycles. The van der Waals surface area contributed by atoms with Crippen molar-refractivity contribution in [1.29, 1.82) is 0 Å². The maximum atomic E-state index is 10.1. The fourth-order valence-corrected chi connectivity index (χ4v) is 3.46. The number of aliphatic imine (C=N–C) groups is 1. The summed E-state index contributed by atoms with van der Waals surface area (Å²) in [6.45, 7) is 2.14. The average Bonchev–Trinajstić information content (AvgIpc) is 3.04. The first-order chi connectivity index (χ1) is 10.6. The quantitative estimate of drug-likeness (QED) is 0.748. The summed E-state index contributed by atoms with van der Waals surface area (Å²) < 4.78 is 0.564. The predicted octanol–water partition coefficient (Wildman–Crippen LogP) is 5.16. The molecule has 0 spiro atoms. The molecule has 114 valence electrons. The Morgan fingerprint density at radius 1 is 1.18 bits per heavy atom. The van der Waals surface area contributed by atoms with E-state index in [0.717, 1.165) is 24.5 Å². The highest BCUT2D eigenvalue weighted by molar-refractivity contribution is 9.10. The van der Waals surface area contributed by atoms with Crippen LogP contribution in [0.1, 0.15) is 18.4 Å². The summed E-state index contributed by atoms with van der Waals surface area (Å²) in [5.74, 6) is 0.145. The van der Waals surface area contributed by atoms with Gasteiger partial charge in [0.05, 0.1) is 15.8 Å². The largest absolute Gasteiger partial charge is 0.506 e. The third-order valence-electron chi connectivity index (χ3n) is 3.73. The van der Waals surface area contributed by atoms with Crippen LogP contribution in [0, 0.1) is 0 Å². The van der Waals surface area contributed by atoms with E-state index < -0.39 is 0 Å². The second-order valence-corrected chi connectivity index (χ2v) is 6.56. The lowest BCUT2D eigenvalue weighted by atomic mass is 10.2. The van der Waals surface area contributed by atoms with E-state index in [0.29, 0.717) is 15.1 Å². The van der Waals surface area contributed by atoms with E-state index in [1.807, 2.05) is 18.2 Å². The number of halogens is 2. The first kappa shape index (κ1) is 15.4. The average molecular weight is 380 g/mol. The van der Waals surface area contributed by atoms with Gasteiger partial charge in [0, 0.05) is 29.9 Å². The molecule has 1 N–H and O–H groups in total. The van der Waals surface area contributed by atoms with Crippen molar-refractivity contribution in [3.8, 4) is 5.75 Å². The predicted molar refractivity (Wildman–Crippen MR) is 96.0 cm³/mol. The molecular formula is C17H16BrClN2O. The van der Waals surface area contributed by atoms with Crippen LogP contribution in [0.4, 0.5) is 11.4 Å². The summed E-state index contributed by atoms with van der Waals surface area (Å²) in [7, 11) is 0. The summed E-state index contributed by atoms with van der Waals surface area (Å²) in [4.78, 5) is 6.91. The molecule has 1 aliphatic rings. The lowest BCUT2D eigenvalue weighted by molar-refractivity contribution is 0.471. The molecule has 0 aromatic heterocycles. The third kappa shape index (κ3) is 3.28. The molecule has 0 amide bonds. The van der Waals surface area contributed by atoms with Gasteiger partial charge < -0.3 is 10.0 Å². The fraction of sp³-hybridized carbons (Fsp3) is 0.235. The molecule has 1 heterocycles. The SMILES string of the molecule is Oc1c(Br)cc(Cl)cc1C=Nc1ccccc1N1CCCC1. The first-order valence-electron chi connectivity index (χ1n) is 7.21. The van der Waals surface area contributed by atoms with Crippen LogP contribution >= 0.6 is 27.5 Å². The summed E-state index contributed by atoms with van der Waals surface area (Å²) in [6, 6.07) is 11.4. The van der Waals surface area contributed by atoms with Gasteiger partial charge in [0.15, 0.2) is 0 Å². The molecule has 0 saturated carbocycles. The van der Waals surface area contributed by atoms with Crippen LogP contribution in [0.3, 0.4) is 0 Å². The maximum Gasteiger partial charge on any atom is 0.138 e. The zero-order valence-electron chi connectivity index (χ0n) is 12.0. The number of aromatic hydroxyl groups is 1. The van der Waals surface area contributed by atoms with Crippen molar-refractivity contribution in [2.24, 2.45) is 4.99 Å². The molecule has 0 radical (unpaired) electrons. The number of phenolic OH excluding ortho intramolecular Hbond substituents is 1. The number of hydrogen-bond donors (Lipinski definition) is 1. The van der Waals surface area contributed by atoms with Crippen molar-refractivity contribution in [2.75, 3.05) is 18.0 Å². The van der Waals surface area contributed by atoms with E-state index in [1.54, 1.807) is 18.3 Å². The van der Waals surface area contributed by atoms with Crippen molar-refractivity contribution in [2.45, 2.75) is 12.8 Å². The molecule has 0 bridgehead atoms. The van der Waals surface area contributed by atoms with Crippen molar-refractivity contribution in [3.05, 3.63) is 51.5 Å². The van der Waals surface area contributed by atoms with Crippen molar-refractivity contribution in [1.82, 2.24) is 0 Å². The molecule has 3 nitrogen and oxygen atoms in total. The van der Waals surface area contributed by atoms with Crippen molar-refractivity contribution >= 4 is 45.1 Å². The van der Waals surface area contributed by atoms with Crippen LogP contribution in [0.2, 0.25) is 5.02 Å². The van der Waals surface area contributed by atoms with Gasteiger partial charge in [-0.15, -0.1) is 0 Å². The zero-order chi connectivity index (χ0) is 15.5. The number of anilines is 1. The Kier molecular flexibility index (Phi) is 4.69. The normalized spacial score (nSPS) is 14.9. The molecule has 2 aromatic carbocycles. The molecule has 0 unspecified atom stereocenters. The highest BCUT2D eigenvalue weighted by Crippen LogP contribution is 2.33. The van der Waals surface area contributed by atoms with E-state index in [1.165, 1.54) is 12.8 Å². The Balaban J connectivity index is 1.93. The van der Waals surface area contributed by atoms with E-state index in [2.05, 4.69) is 31.9 Å². The summed E-state index contributed by atoms with van der Waals surface area (Å²) in [6.07, 6.45) is 4.10. The van der Waals surface area contributed by atoms with Crippen LogP contribution in [-0.4, -0.2) is 24.4 Å². The molecule has 2 aromatic rings. The molecule has 3 rings (SSSR count). The monoisotopic (exact) mass is 378 g/mol. The number of phenols is 1. The van der Waals surface area contributed by atoms with Crippen LogP contribution in [0.25, 0.3) is 0 Å². The highest BCUT2D eigenvalue weighted by Gasteiger charge is 2.15. The second-order valence-electron chi connectivity index (χ2n) is 5.27. The van der Waals surface area contributed by atoms with E-state index >= 15 is 0 Å². The molecule has 1 fully saturated rings. The number of para-hydroxylation sites is 2. The van der Waals surface area contributed by atoms with E-state index in [9.17, 15) is 5.11 Å². The smallest absolute Gasteiger partial charge is 0.138 e. The van der Waals surface area contributed by atoms with Gasteiger partial charge in [-0.25, -0.2) is 0 Å². The Morgan fingerprint density at radius 2 is 1.91 bits per heavy atom. The minimum Gasteiger partial charge on any atom is -0.506 e. The van der Waals surface area contributed by atoms with Crippen LogP contribution < -0.4 is 4.90 Å². The number of nitrogens with zero attached hydrogens (tertiary/aromatic N) is 2. The zero-order valence-corrected chi connectivity index (χ0v) is 14.3. The minimum absolute atomic E-state index is 0.145. The number of rotatable bonds is 3. The molecule has 0 atom stereocenters.